The molecule has 4 N–H and O–H groups in total. The molecule has 2 aromatic carbocycles. The van der Waals surface area contributed by atoms with E-state index in [-0.39, 0.29) is 24.2 Å². The van der Waals surface area contributed by atoms with Crippen molar-refractivity contribution in [1.82, 2.24) is 20.6 Å². The molecule has 4 rings (SSSR count). The summed E-state index contributed by atoms with van der Waals surface area (Å²) in [5, 5.41) is 16.1. The number of hydrogen-bond acceptors (Lipinski definition) is 4. The Balaban J connectivity index is 1.28. The molecule has 1 heterocycles. The number of imidazole rings is 1. The number of benzene rings is 2. The number of nitrogens with zero attached hydrogens (tertiary/aromatic N) is 1. The maximum Gasteiger partial charge on any atom is 0.224 e. The van der Waals surface area contributed by atoms with Crippen molar-refractivity contribution in [3.63, 3.8) is 0 Å². The molecule has 0 radical (unpaired) electrons. The monoisotopic (exact) mass is 392 g/mol. The van der Waals surface area contributed by atoms with Crippen molar-refractivity contribution >= 4 is 22.8 Å². The lowest BCUT2D eigenvalue weighted by Crippen LogP contribution is -2.40. The molecule has 0 bridgehead atoms. The lowest BCUT2D eigenvalue weighted by Gasteiger charge is -2.16. The van der Waals surface area contributed by atoms with Crippen LogP contribution in [0.5, 0.6) is 0 Å². The fourth-order valence-corrected chi connectivity index (χ4v) is 3.85. The van der Waals surface area contributed by atoms with E-state index in [0.717, 1.165) is 22.2 Å². The van der Waals surface area contributed by atoms with Crippen LogP contribution in [-0.2, 0) is 22.6 Å². The molecule has 0 spiro atoms. The van der Waals surface area contributed by atoms with Crippen molar-refractivity contribution in [3.8, 4) is 0 Å². The zero-order chi connectivity index (χ0) is 20.2. The normalized spacial score (nSPS) is 21.2. The standard InChI is InChI=1S/C22H24N4O3/c27-20-11-16(10-19(20)26-21(28)9-14-4-2-1-3-5-14)22(29)23-12-15-6-7-17-18(8-15)25-13-24-17/h1-8,13,16,19-20,27H,9-12H2,(H,23,29)(H,24,25)(H,26,28)/t16-,19-,20-/m0/s1. The Kier molecular flexibility index (Phi) is 5.57. The Labute approximate surface area is 168 Å². The molecule has 1 aliphatic carbocycles. The molecule has 0 saturated heterocycles. The summed E-state index contributed by atoms with van der Waals surface area (Å²) in [7, 11) is 0. The fourth-order valence-electron chi connectivity index (χ4n) is 3.85. The summed E-state index contributed by atoms with van der Waals surface area (Å²) in [6, 6.07) is 14.8. The lowest BCUT2D eigenvalue weighted by molar-refractivity contribution is -0.125. The van der Waals surface area contributed by atoms with E-state index < -0.39 is 12.1 Å². The van der Waals surface area contributed by atoms with Gasteiger partial charge in [-0.15, -0.1) is 0 Å². The van der Waals surface area contributed by atoms with Gasteiger partial charge in [0.05, 0.1) is 35.9 Å². The van der Waals surface area contributed by atoms with Crippen molar-refractivity contribution in [2.45, 2.75) is 38.0 Å². The van der Waals surface area contributed by atoms with Crippen molar-refractivity contribution < 1.29 is 14.7 Å². The average molecular weight is 392 g/mol. The number of amides is 2. The summed E-state index contributed by atoms with van der Waals surface area (Å²) in [5.74, 6) is -0.564. The average Bonchev–Trinajstić information content (AvgIpc) is 3.33. The Bertz CT molecular complexity index is 1000. The Hall–Kier alpha value is -3.19. The molecular weight excluding hydrogens is 368 g/mol. The summed E-state index contributed by atoms with van der Waals surface area (Å²) >= 11 is 0. The summed E-state index contributed by atoms with van der Waals surface area (Å²) in [5.41, 5.74) is 3.70. The van der Waals surface area contributed by atoms with E-state index in [2.05, 4.69) is 20.6 Å². The van der Waals surface area contributed by atoms with E-state index in [1.807, 2.05) is 48.5 Å². The van der Waals surface area contributed by atoms with Gasteiger partial charge in [0.25, 0.3) is 0 Å². The van der Waals surface area contributed by atoms with Crippen LogP contribution in [0.4, 0.5) is 0 Å². The molecule has 1 fully saturated rings. The minimum absolute atomic E-state index is 0.103. The van der Waals surface area contributed by atoms with E-state index in [9.17, 15) is 14.7 Å². The van der Waals surface area contributed by atoms with Gasteiger partial charge in [0, 0.05) is 12.5 Å². The predicted molar refractivity (Wildman–Crippen MR) is 109 cm³/mol. The lowest BCUT2D eigenvalue weighted by atomic mass is 10.1. The molecular formula is C22H24N4O3. The first-order valence-electron chi connectivity index (χ1n) is 9.79. The molecule has 7 nitrogen and oxygen atoms in total. The zero-order valence-corrected chi connectivity index (χ0v) is 16.0. The minimum atomic E-state index is -0.716. The first kappa shape index (κ1) is 19.1. The maximum atomic E-state index is 12.5. The van der Waals surface area contributed by atoms with Gasteiger partial charge in [-0.3, -0.25) is 9.59 Å². The van der Waals surface area contributed by atoms with Crippen LogP contribution in [-0.4, -0.2) is 39.0 Å². The molecule has 0 aliphatic heterocycles. The first-order valence-corrected chi connectivity index (χ1v) is 9.79. The molecule has 3 atom stereocenters. The summed E-state index contributed by atoms with van der Waals surface area (Å²) in [6.07, 6.45) is 1.97. The molecule has 1 saturated carbocycles. The van der Waals surface area contributed by atoms with Crippen LogP contribution in [0.25, 0.3) is 11.0 Å². The number of hydrogen-bond donors (Lipinski definition) is 4. The molecule has 1 aliphatic rings. The van der Waals surface area contributed by atoms with Crippen molar-refractivity contribution in [2.75, 3.05) is 0 Å². The minimum Gasteiger partial charge on any atom is -0.391 e. The van der Waals surface area contributed by atoms with Crippen LogP contribution >= 0.6 is 0 Å². The number of carbonyl (C=O) groups excluding carboxylic acids is 2. The van der Waals surface area contributed by atoms with Gasteiger partial charge < -0.3 is 20.7 Å². The Morgan fingerprint density at radius 1 is 1.10 bits per heavy atom. The van der Waals surface area contributed by atoms with E-state index in [1.54, 1.807) is 6.33 Å². The Morgan fingerprint density at radius 2 is 1.93 bits per heavy atom. The number of carbonyl (C=O) groups is 2. The quantitative estimate of drug-likeness (QED) is 0.512. The third kappa shape index (κ3) is 4.63. The summed E-state index contributed by atoms with van der Waals surface area (Å²) in [6.45, 7) is 0.408. The van der Waals surface area contributed by atoms with Crippen LogP contribution in [0.15, 0.2) is 54.9 Å². The zero-order valence-electron chi connectivity index (χ0n) is 16.0. The van der Waals surface area contributed by atoms with E-state index in [1.165, 1.54) is 0 Å². The van der Waals surface area contributed by atoms with Gasteiger partial charge in [-0.1, -0.05) is 36.4 Å². The Morgan fingerprint density at radius 3 is 2.76 bits per heavy atom. The van der Waals surface area contributed by atoms with Crippen LogP contribution < -0.4 is 10.6 Å². The fraction of sp³-hybridized carbons (Fsp3) is 0.318. The largest absolute Gasteiger partial charge is 0.391 e. The highest BCUT2D eigenvalue weighted by atomic mass is 16.3. The summed E-state index contributed by atoms with van der Waals surface area (Å²) in [4.78, 5) is 32.0. The van der Waals surface area contributed by atoms with Gasteiger partial charge in [-0.2, -0.15) is 0 Å². The van der Waals surface area contributed by atoms with E-state index in [4.69, 9.17) is 0 Å². The maximum absolute atomic E-state index is 12.5. The highest BCUT2D eigenvalue weighted by molar-refractivity contribution is 5.81. The van der Waals surface area contributed by atoms with Crippen molar-refractivity contribution in [1.29, 1.82) is 0 Å². The number of fused-ring (bicyclic) bond motifs is 1. The summed E-state index contributed by atoms with van der Waals surface area (Å²) < 4.78 is 0. The smallest absolute Gasteiger partial charge is 0.224 e. The number of aromatic nitrogens is 2. The number of H-pyrrole nitrogens is 1. The second-order valence-corrected chi connectivity index (χ2v) is 7.54. The molecule has 2 amide bonds. The first-order chi connectivity index (χ1) is 14.1. The molecule has 29 heavy (non-hydrogen) atoms. The SMILES string of the molecule is O=C(Cc1ccccc1)N[C@H]1C[C@H](C(=O)NCc2ccc3nc[nH]c3c2)C[C@@H]1O. The van der Waals surface area contributed by atoms with Crippen LogP contribution in [0.2, 0.25) is 0 Å². The van der Waals surface area contributed by atoms with Crippen molar-refractivity contribution in [3.05, 3.63) is 66.0 Å². The van der Waals surface area contributed by atoms with Crippen LogP contribution in [0.1, 0.15) is 24.0 Å². The van der Waals surface area contributed by atoms with Crippen LogP contribution in [0.3, 0.4) is 0 Å². The second-order valence-electron chi connectivity index (χ2n) is 7.54. The van der Waals surface area contributed by atoms with Crippen LogP contribution in [0, 0.1) is 5.92 Å². The van der Waals surface area contributed by atoms with Crippen molar-refractivity contribution in [2.24, 2.45) is 5.92 Å². The highest BCUT2D eigenvalue weighted by Crippen LogP contribution is 2.26. The molecule has 3 aromatic rings. The molecule has 150 valence electrons. The second kappa shape index (κ2) is 8.45. The molecule has 7 heteroatoms. The number of aliphatic hydroxyl groups is 1. The van der Waals surface area contributed by atoms with Gasteiger partial charge in [-0.25, -0.2) is 4.98 Å². The van der Waals surface area contributed by atoms with E-state index in [0.29, 0.717) is 19.4 Å². The third-order valence-electron chi connectivity index (χ3n) is 5.40. The van der Waals surface area contributed by atoms with Gasteiger partial charge in [-0.05, 0) is 36.1 Å². The topological polar surface area (TPSA) is 107 Å². The van der Waals surface area contributed by atoms with Gasteiger partial charge in [0.15, 0.2) is 0 Å². The number of aliphatic hydroxyl groups excluding tert-OH is 1. The van der Waals surface area contributed by atoms with E-state index >= 15 is 0 Å². The molecule has 0 unspecified atom stereocenters. The third-order valence-corrected chi connectivity index (χ3v) is 5.40. The van der Waals surface area contributed by atoms with Gasteiger partial charge >= 0.3 is 0 Å². The molecule has 1 aromatic heterocycles. The number of rotatable bonds is 6. The predicted octanol–water partition coefficient (Wildman–Crippen LogP) is 1.68. The highest BCUT2D eigenvalue weighted by Gasteiger charge is 2.37. The number of aromatic amines is 1. The van der Waals surface area contributed by atoms with Gasteiger partial charge in [0.1, 0.15) is 0 Å². The number of nitrogens with one attached hydrogen (secondary N) is 3. The van der Waals surface area contributed by atoms with Gasteiger partial charge in [0.2, 0.25) is 11.8 Å².